The maximum atomic E-state index is 12.6. The number of hydrogen-bond donors (Lipinski definition) is 1. The van der Waals surface area contributed by atoms with Crippen molar-refractivity contribution in [3.8, 4) is 0 Å². The van der Waals surface area contributed by atoms with E-state index in [1.165, 1.54) is 0 Å². The van der Waals surface area contributed by atoms with Crippen LogP contribution in [-0.4, -0.2) is 66.9 Å². The summed E-state index contributed by atoms with van der Waals surface area (Å²) in [6.45, 7) is 5.58. The van der Waals surface area contributed by atoms with Crippen LogP contribution >= 0.6 is 11.8 Å². The minimum atomic E-state index is 0.0766. The van der Waals surface area contributed by atoms with Crippen LogP contribution in [0, 0.1) is 11.8 Å². The molecule has 0 aromatic heterocycles. The highest BCUT2D eigenvalue weighted by molar-refractivity contribution is 7.98. The molecule has 0 spiro atoms. The van der Waals surface area contributed by atoms with Crippen LogP contribution in [0.25, 0.3) is 0 Å². The Hall–Kier alpha value is -1.04. The fourth-order valence-electron chi connectivity index (χ4n) is 2.96. The molecule has 1 aliphatic rings. The first-order valence-electron chi connectivity index (χ1n) is 7.81. The lowest BCUT2D eigenvalue weighted by molar-refractivity contribution is 0.0779. The minimum absolute atomic E-state index is 0.0766. The Morgan fingerprint density at radius 3 is 2.50 bits per heavy atom. The van der Waals surface area contributed by atoms with E-state index in [1.54, 1.807) is 11.8 Å². The van der Waals surface area contributed by atoms with E-state index in [0.29, 0.717) is 12.5 Å². The Bertz CT molecular complexity index is 492. The van der Waals surface area contributed by atoms with Crippen molar-refractivity contribution in [1.29, 1.82) is 0 Å². The van der Waals surface area contributed by atoms with Crippen molar-refractivity contribution in [2.75, 3.05) is 46.1 Å². The SMILES string of the molecule is CCN(C)C[C@@H]1CN(C(=O)c2ccc(SC)cc2)C[C@@H]1CO. The van der Waals surface area contributed by atoms with E-state index >= 15 is 0 Å². The maximum absolute atomic E-state index is 12.6. The van der Waals surface area contributed by atoms with Gasteiger partial charge in [0, 0.05) is 42.6 Å². The zero-order valence-corrected chi connectivity index (χ0v) is 14.5. The van der Waals surface area contributed by atoms with E-state index in [1.807, 2.05) is 35.4 Å². The summed E-state index contributed by atoms with van der Waals surface area (Å²) in [5.74, 6) is 0.612. The van der Waals surface area contributed by atoms with Gasteiger partial charge in [-0.2, -0.15) is 0 Å². The summed E-state index contributed by atoms with van der Waals surface area (Å²) in [5, 5.41) is 9.60. The second-order valence-corrected chi connectivity index (χ2v) is 6.88. The van der Waals surface area contributed by atoms with Gasteiger partial charge in [0.25, 0.3) is 5.91 Å². The molecule has 1 N–H and O–H groups in total. The molecule has 0 bridgehead atoms. The number of thioether (sulfide) groups is 1. The van der Waals surface area contributed by atoms with Crippen molar-refractivity contribution in [3.63, 3.8) is 0 Å². The highest BCUT2D eigenvalue weighted by atomic mass is 32.2. The van der Waals surface area contributed by atoms with Crippen molar-refractivity contribution in [2.24, 2.45) is 11.8 Å². The number of carbonyl (C=O) groups is 1. The molecule has 0 radical (unpaired) electrons. The molecule has 0 aliphatic carbocycles. The summed E-state index contributed by atoms with van der Waals surface area (Å²) in [6.07, 6.45) is 2.03. The Morgan fingerprint density at radius 2 is 1.95 bits per heavy atom. The first kappa shape index (κ1) is 17.3. The van der Waals surface area contributed by atoms with Gasteiger partial charge in [-0.3, -0.25) is 4.79 Å². The highest BCUT2D eigenvalue weighted by Gasteiger charge is 2.35. The lowest BCUT2D eigenvalue weighted by atomic mass is 9.96. The van der Waals surface area contributed by atoms with Crippen molar-refractivity contribution in [3.05, 3.63) is 29.8 Å². The van der Waals surface area contributed by atoms with Crippen LogP contribution in [0.15, 0.2) is 29.2 Å². The zero-order valence-electron chi connectivity index (χ0n) is 13.7. The second-order valence-electron chi connectivity index (χ2n) is 6.00. The summed E-state index contributed by atoms with van der Waals surface area (Å²) < 4.78 is 0. The van der Waals surface area contributed by atoms with Crippen molar-refractivity contribution < 1.29 is 9.90 Å². The smallest absolute Gasteiger partial charge is 0.253 e. The number of aliphatic hydroxyl groups is 1. The monoisotopic (exact) mass is 322 g/mol. The van der Waals surface area contributed by atoms with E-state index in [-0.39, 0.29) is 18.4 Å². The summed E-state index contributed by atoms with van der Waals surface area (Å²) in [6, 6.07) is 7.76. The molecule has 1 amide bonds. The third-order valence-electron chi connectivity index (χ3n) is 4.52. The molecule has 1 saturated heterocycles. The molecule has 1 fully saturated rings. The Labute approximate surface area is 137 Å². The third kappa shape index (κ3) is 4.03. The molecule has 122 valence electrons. The molecule has 1 aromatic rings. The van der Waals surface area contributed by atoms with Gasteiger partial charge in [0.15, 0.2) is 0 Å². The van der Waals surface area contributed by atoms with Gasteiger partial charge in [0.1, 0.15) is 0 Å². The number of likely N-dealkylation sites (tertiary alicyclic amines) is 1. The number of aliphatic hydroxyl groups excluding tert-OH is 1. The number of benzene rings is 1. The van der Waals surface area contributed by atoms with Crippen LogP contribution in [0.5, 0.6) is 0 Å². The maximum Gasteiger partial charge on any atom is 0.253 e. The summed E-state index contributed by atoms with van der Waals surface area (Å²) in [7, 11) is 2.08. The van der Waals surface area contributed by atoms with Crippen LogP contribution in [0.3, 0.4) is 0 Å². The standard InChI is InChI=1S/C17H26N2O2S/c1-4-18(2)9-14-10-19(11-15(14)12-20)17(21)13-5-7-16(22-3)8-6-13/h5-8,14-15,20H,4,9-12H2,1-3H3/t14-,15-/m1/s1. The number of amides is 1. The van der Waals surface area contributed by atoms with Gasteiger partial charge in [0.05, 0.1) is 0 Å². The first-order valence-corrected chi connectivity index (χ1v) is 9.04. The normalized spacial score (nSPS) is 21.6. The number of carbonyl (C=O) groups excluding carboxylic acids is 1. The number of rotatable bonds is 6. The number of nitrogens with zero attached hydrogens (tertiary/aromatic N) is 2. The Kier molecular flexibility index (Phi) is 6.29. The lowest BCUT2D eigenvalue weighted by Crippen LogP contribution is -2.32. The molecule has 1 aliphatic heterocycles. The number of hydrogen-bond acceptors (Lipinski definition) is 4. The van der Waals surface area contributed by atoms with Crippen molar-refractivity contribution >= 4 is 17.7 Å². The molecule has 0 saturated carbocycles. The predicted molar refractivity (Wildman–Crippen MR) is 91.4 cm³/mol. The summed E-state index contributed by atoms with van der Waals surface area (Å²) in [5.41, 5.74) is 0.735. The van der Waals surface area contributed by atoms with Gasteiger partial charge in [-0.1, -0.05) is 6.92 Å². The quantitative estimate of drug-likeness (QED) is 0.814. The largest absolute Gasteiger partial charge is 0.396 e. The first-order chi connectivity index (χ1) is 10.6. The molecule has 1 aromatic carbocycles. The highest BCUT2D eigenvalue weighted by Crippen LogP contribution is 2.26. The molecule has 22 heavy (non-hydrogen) atoms. The molecule has 4 nitrogen and oxygen atoms in total. The Morgan fingerprint density at radius 1 is 1.32 bits per heavy atom. The topological polar surface area (TPSA) is 43.8 Å². The van der Waals surface area contributed by atoms with Gasteiger partial charge in [-0.05, 0) is 50.0 Å². The second kappa shape index (κ2) is 7.99. The van der Waals surface area contributed by atoms with Crippen LogP contribution in [0.2, 0.25) is 0 Å². The molecule has 2 atom stereocenters. The van der Waals surface area contributed by atoms with Gasteiger partial charge in [0.2, 0.25) is 0 Å². The average molecular weight is 322 g/mol. The van der Waals surface area contributed by atoms with Crippen molar-refractivity contribution in [1.82, 2.24) is 9.80 Å². The molecule has 5 heteroatoms. The average Bonchev–Trinajstić information content (AvgIpc) is 2.96. The van der Waals surface area contributed by atoms with Crippen LogP contribution in [-0.2, 0) is 0 Å². The van der Waals surface area contributed by atoms with E-state index in [0.717, 1.165) is 30.1 Å². The lowest BCUT2D eigenvalue weighted by Gasteiger charge is -2.22. The van der Waals surface area contributed by atoms with Gasteiger partial charge in [-0.25, -0.2) is 0 Å². The van der Waals surface area contributed by atoms with E-state index in [9.17, 15) is 9.90 Å². The van der Waals surface area contributed by atoms with Crippen molar-refractivity contribution in [2.45, 2.75) is 11.8 Å². The Balaban J connectivity index is 2.04. The van der Waals surface area contributed by atoms with Crippen LogP contribution < -0.4 is 0 Å². The zero-order chi connectivity index (χ0) is 16.1. The van der Waals surface area contributed by atoms with Crippen LogP contribution in [0.1, 0.15) is 17.3 Å². The fraction of sp³-hybridized carbons (Fsp3) is 0.588. The van der Waals surface area contributed by atoms with Gasteiger partial charge in [-0.15, -0.1) is 11.8 Å². The minimum Gasteiger partial charge on any atom is -0.396 e. The summed E-state index contributed by atoms with van der Waals surface area (Å²) in [4.78, 5) is 17.9. The molecule has 0 unspecified atom stereocenters. The van der Waals surface area contributed by atoms with Crippen LogP contribution in [0.4, 0.5) is 0 Å². The van der Waals surface area contributed by atoms with E-state index in [2.05, 4.69) is 18.9 Å². The van der Waals surface area contributed by atoms with Gasteiger partial charge < -0.3 is 14.9 Å². The van der Waals surface area contributed by atoms with E-state index in [4.69, 9.17) is 0 Å². The summed E-state index contributed by atoms with van der Waals surface area (Å²) >= 11 is 1.67. The van der Waals surface area contributed by atoms with Gasteiger partial charge >= 0.3 is 0 Å². The molecular weight excluding hydrogens is 296 g/mol. The third-order valence-corrected chi connectivity index (χ3v) is 5.26. The molecule has 1 heterocycles. The van der Waals surface area contributed by atoms with E-state index < -0.39 is 0 Å². The fourth-order valence-corrected chi connectivity index (χ4v) is 3.37. The predicted octanol–water partition coefficient (Wildman–Crippen LogP) is 2.04. The molecular formula is C17H26N2O2S. The molecule has 2 rings (SSSR count).